The standard InChI is InChI=1S/C13H7F5N2O/c14-12(15,16)13(17,18)21-11-19-8-5-1-3-7-4-2-6-9(20-11)10(7)8/h1-6H,(H,19,20). The second kappa shape index (κ2) is 4.31. The van der Waals surface area contributed by atoms with Crippen LogP contribution in [0.15, 0.2) is 41.4 Å². The number of rotatable bonds is 1. The van der Waals surface area contributed by atoms with Crippen molar-refractivity contribution in [3.05, 3.63) is 36.4 Å². The SMILES string of the molecule is FC(F)(F)C(F)(F)OC1=Nc2cccc3cccc(c23)N1. The highest BCUT2D eigenvalue weighted by Gasteiger charge is 2.62. The second-order valence-corrected chi connectivity index (χ2v) is 4.34. The summed E-state index contributed by atoms with van der Waals surface area (Å²) in [7, 11) is 0. The van der Waals surface area contributed by atoms with Crippen molar-refractivity contribution >= 4 is 28.2 Å². The van der Waals surface area contributed by atoms with Crippen molar-refractivity contribution in [2.45, 2.75) is 12.3 Å². The molecule has 3 nitrogen and oxygen atoms in total. The monoisotopic (exact) mass is 302 g/mol. The number of benzene rings is 2. The van der Waals surface area contributed by atoms with Crippen LogP contribution < -0.4 is 5.32 Å². The van der Waals surface area contributed by atoms with E-state index in [4.69, 9.17) is 0 Å². The van der Waals surface area contributed by atoms with Crippen molar-refractivity contribution in [2.75, 3.05) is 5.32 Å². The predicted octanol–water partition coefficient (Wildman–Crippen LogP) is 4.42. The van der Waals surface area contributed by atoms with E-state index in [1.54, 1.807) is 24.3 Å². The molecule has 1 N–H and O–H groups in total. The van der Waals surface area contributed by atoms with Crippen molar-refractivity contribution in [1.29, 1.82) is 0 Å². The highest BCUT2D eigenvalue weighted by atomic mass is 19.4. The first-order valence-electron chi connectivity index (χ1n) is 5.79. The Balaban J connectivity index is 2.02. The number of anilines is 1. The van der Waals surface area contributed by atoms with E-state index in [1.807, 2.05) is 0 Å². The summed E-state index contributed by atoms with van der Waals surface area (Å²) >= 11 is 0. The van der Waals surface area contributed by atoms with Crippen LogP contribution in [0.3, 0.4) is 0 Å². The van der Waals surface area contributed by atoms with Crippen LogP contribution in [0.1, 0.15) is 0 Å². The fraction of sp³-hybridized carbons (Fsp3) is 0.154. The third-order valence-corrected chi connectivity index (χ3v) is 2.90. The first-order valence-corrected chi connectivity index (χ1v) is 5.79. The van der Waals surface area contributed by atoms with Crippen LogP contribution in [0.4, 0.5) is 33.3 Å². The van der Waals surface area contributed by atoms with E-state index in [2.05, 4.69) is 15.0 Å². The Kier molecular flexibility index (Phi) is 2.79. The van der Waals surface area contributed by atoms with Gasteiger partial charge in [-0.1, -0.05) is 24.3 Å². The highest BCUT2D eigenvalue weighted by molar-refractivity contribution is 6.11. The van der Waals surface area contributed by atoms with E-state index >= 15 is 0 Å². The molecule has 0 saturated heterocycles. The number of nitrogens with zero attached hydrogens (tertiary/aromatic N) is 1. The molecule has 2 aromatic carbocycles. The van der Waals surface area contributed by atoms with Gasteiger partial charge in [-0.25, -0.2) is 0 Å². The Labute approximate surface area is 115 Å². The minimum Gasteiger partial charge on any atom is -0.393 e. The van der Waals surface area contributed by atoms with Crippen LogP contribution in [0.2, 0.25) is 0 Å². The molecule has 0 aliphatic carbocycles. The van der Waals surface area contributed by atoms with Crippen LogP contribution in [-0.2, 0) is 4.74 Å². The van der Waals surface area contributed by atoms with Crippen LogP contribution >= 0.6 is 0 Å². The minimum absolute atomic E-state index is 0.259. The van der Waals surface area contributed by atoms with Crippen LogP contribution in [0.5, 0.6) is 0 Å². The number of alkyl halides is 5. The Morgan fingerprint density at radius 3 is 2.29 bits per heavy atom. The lowest BCUT2D eigenvalue weighted by molar-refractivity contribution is -0.366. The van der Waals surface area contributed by atoms with Crippen molar-refractivity contribution in [3.63, 3.8) is 0 Å². The Morgan fingerprint density at radius 2 is 1.62 bits per heavy atom. The lowest BCUT2D eigenvalue weighted by atomic mass is 10.1. The zero-order chi connectivity index (χ0) is 15.3. The summed E-state index contributed by atoms with van der Waals surface area (Å²) in [6.07, 6.45) is -11.1. The van der Waals surface area contributed by atoms with Gasteiger partial charge in [0.25, 0.3) is 6.02 Å². The minimum atomic E-state index is -5.82. The molecule has 1 heterocycles. The Morgan fingerprint density at radius 1 is 0.952 bits per heavy atom. The second-order valence-electron chi connectivity index (χ2n) is 4.34. The van der Waals surface area contributed by atoms with Crippen LogP contribution in [0, 0.1) is 0 Å². The quantitative estimate of drug-likeness (QED) is 0.791. The third kappa shape index (κ3) is 2.26. The summed E-state index contributed by atoms with van der Waals surface area (Å²) in [6.45, 7) is 0. The third-order valence-electron chi connectivity index (χ3n) is 2.90. The fourth-order valence-corrected chi connectivity index (χ4v) is 2.00. The van der Waals surface area contributed by atoms with Crippen LogP contribution in [0.25, 0.3) is 10.8 Å². The summed E-state index contributed by atoms with van der Waals surface area (Å²) in [5.41, 5.74) is 0.612. The van der Waals surface area contributed by atoms with Gasteiger partial charge in [-0.15, -0.1) is 0 Å². The predicted molar refractivity (Wildman–Crippen MR) is 66.8 cm³/mol. The van der Waals surface area contributed by atoms with Gasteiger partial charge < -0.3 is 10.1 Å². The van der Waals surface area contributed by atoms with E-state index in [1.165, 1.54) is 12.1 Å². The smallest absolute Gasteiger partial charge is 0.393 e. The van der Waals surface area contributed by atoms with Crippen molar-refractivity contribution < 1.29 is 26.7 Å². The topological polar surface area (TPSA) is 33.6 Å². The maximum Gasteiger partial charge on any atom is 0.501 e. The molecule has 0 spiro atoms. The van der Waals surface area contributed by atoms with Crippen molar-refractivity contribution in [3.8, 4) is 0 Å². The molecule has 110 valence electrons. The molecule has 1 aliphatic rings. The Hall–Kier alpha value is -2.38. The molecule has 1 aliphatic heterocycles. The molecule has 0 atom stereocenters. The molecule has 0 saturated carbocycles. The number of ether oxygens (including phenoxy) is 1. The van der Waals surface area contributed by atoms with Gasteiger partial charge in [-0.3, -0.25) is 0 Å². The van der Waals surface area contributed by atoms with E-state index in [0.29, 0.717) is 11.1 Å². The molecular weight excluding hydrogens is 295 g/mol. The van der Waals surface area contributed by atoms with E-state index in [0.717, 1.165) is 5.39 Å². The maximum absolute atomic E-state index is 12.9. The van der Waals surface area contributed by atoms with Gasteiger partial charge in [0.2, 0.25) is 0 Å². The molecule has 0 unspecified atom stereocenters. The van der Waals surface area contributed by atoms with Gasteiger partial charge in [0.15, 0.2) is 0 Å². The largest absolute Gasteiger partial charge is 0.501 e. The fourth-order valence-electron chi connectivity index (χ4n) is 2.00. The molecule has 3 rings (SSSR count). The van der Waals surface area contributed by atoms with Gasteiger partial charge in [0, 0.05) is 5.39 Å². The van der Waals surface area contributed by atoms with E-state index in [9.17, 15) is 22.0 Å². The average Bonchev–Trinajstić information content (AvgIpc) is 2.37. The van der Waals surface area contributed by atoms with Gasteiger partial charge in [-0.2, -0.15) is 26.9 Å². The molecule has 2 aromatic rings. The first-order chi connectivity index (χ1) is 9.78. The van der Waals surface area contributed by atoms with E-state index < -0.39 is 18.3 Å². The van der Waals surface area contributed by atoms with Crippen molar-refractivity contribution in [2.24, 2.45) is 4.99 Å². The molecule has 0 bridgehead atoms. The summed E-state index contributed by atoms with van der Waals surface area (Å²) in [5, 5.41) is 3.75. The lowest BCUT2D eigenvalue weighted by Crippen LogP contribution is -2.42. The zero-order valence-corrected chi connectivity index (χ0v) is 10.2. The molecule has 0 radical (unpaired) electrons. The summed E-state index contributed by atoms with van der Waals surface area (Å²) in [6, 6.07) is 8.95. The number of hydrogen-bond acceptors (Lipinski definition) is 3. The molecule has 21 heavy (non-hydrogen) atoms. The summed E-state index contributed by atoms with van der Waals surface area (Å²) < 4.78 is 66.0. The van der Waals surface area contributed by atoms with Gasteiger partial charge in [0.05, 0.1) is 11.4 Å². The molecule has 0 aromatic heterocycles. The Bertz CT molecular complexity index is 734. The molecule has 8 heteroatoms. The van der Waals surface area contributed by atoms with Crippen LogP contribution in [-0.4, -0.2) is 18.3 Å². The number of aliphatic imine (C=N–C) groups is 1. The molecule has 0 fully saturated rings. The average molecular weight is 302 g/mol. The highest BCUT2D eigenvalue weighted by Crippen LogP contribution is 2.39. The van der Waals surface area contributed by atoms with Crippen molar-refractivity contribution in [1.82, 2.24) is 0 Å². The number of hydrogen-bond donors (Lipinski definition) is 1. The number of halogens is 5. The maximum atomic E-state index is 12.9. The zero-order valence-electron chi connectivity index (χ0n) is 10.2. The van der Waals surface area contributed by atoms with Gasteiger partial charge in [0.1, 0.15) is 0 Å². The summed E-state index contributed by atoms with van der Waals surface area (Å²) in [5.74, 6) is 0. The van der Waals surface area contributed by atoms with Gasteiger partial charge in [-0.05, 0) is 17.5 Å². The lowest BCUT2D eigenvalue weighted by Gasteiger charge is -2.24. The summed E-state index contributed by atoms with van der Waals surface area (Å²) in [4.78, 5) is 3.67. The first kappa shape index (κ1) is 13.6. The molecular formula is C13H7F5N2O. The normalized spacial score (nSPS) is 14.6. The van der Waals surface area contributed by atoms with E-state index in [-0.39, 0.29) is 5.69 Å². The number of amidine groups is 1. The van der Waals surface area contributed by atoms with Gasteiger partial charge >= 0.3 is 12.3 Å². The number of nitrogens with one attached hydrogen (secondary N) is 1. The molecule has 0 amide bonds.